The summed E-state index contributed by atoms with van der Waals surface area (Å²) < 4.78 is 6.30. The topological polar surface area (TPSA) is 65.4 Å². The summed E-state index contributed by atoms with van der Waals surface area (Å²) in [6, 6.07) is 30.5. The van der Waals surface area contributed by atoms with Crippen LogP contribution in [-0.4, -0.2) is 40.6 Å². The molecule has 0 aromatic heterocycles. The largest absolute Gasteiger partial charge is 0.493 e. The quantitative estimate of drug-likeness (QED) is 0.200. The first kappa shape index (κ1) is 25.5. The smallest absolute Gasteiger partial charge is 0.246 e. The molecule has 0 saturated heterocycles. The molecule has 1 amide bonds. The number of aryl methyl sites for hydroxylation is 1. The number of carbonyl (C=O) groups is 1. The molecule has 1 aliphatic heterocycles. The molecule has 0 unspecified atom stereocenters. The van der Waals surface area contributed by atoms with E-state index in [0.717, 1.165) is 53.4 Å². The molecule has 38 heavy (non-hydrogen) atoms. The van der Waals surface area contributed by atoms with Gasteiger partial charge in [-0.3, -0.25) is 15.0 Å². The lowest BCUT2D eigenvalue weighted by atomic mass is 10.0. The number of ether oxygens (including phenoxy) is 1. The zero-order valence-electron chi connectivity index (χ0n) is 21.5. The van der Waals surface area contributed by atoms with Gasteiger partial charge in [0.15, 0.2) is 0 Å². The lowest BCUT2D eigenvalue weighted by Crippen LogP contribution is -2.27. The Morgan fingerprint density at radius 3 is 2.47 bits per heavy atom. The molecule has 1 heterocycles. The summed E-state index contributed by atoms with van der Waals surface area (Å²) in [5, 5.41) is 20.0. The molecule has 0 radical (unpaired) electrons. The third kappa shape index (κ3) is 6.78. The second-order valence-electron chi connectivity index (χ2n) is 9.63. The van der Waals surface area contributed by atoms with E-state index in [4.69, 9.17) is 4.74 Å². The lowest BCUT2D eigenvalue weighted by Gasteiger charge is -2.18. The minimum Gasteiger partial charge on any atom is -0.493 e. The van der Waals surface area contributed by atoms with Gasteiger partial charge in [-0.15, -0.1) is 0 Å². The van der Waals surface area contributed by atoms with E-state index in [-0.39, 0.29) is 18.9 Å². The van der Waals surface area contributed by atoms with Crippen LogP contribution in [0.4, 0.5) is 0 Å². The predicted octanol–water partition coefficient (Wildman–Crippen LogP) is 6.00. The van der Waals surface area contributed by atoms with Gasteiger partial charge in [-0.1, -0.05) is 84.9 Å². The molecular weight excluding hydrogens is 474 g/mol. The summed E-state index contributed by atoms with van der Waals surface area (Å²) in [5.41, 5.74) is 4.18. The van der Waals surface area contributed by atoms with Gasteiger partial charge in [0, 0.05) is 32.0 Å². The van der Waals surface area contributed by atoms with Crippen molar-refractivity contribution in [2.45, 2.75) is 38.8 Å². The summed E-state index contributed by atoms with van der Waals surface area (Å²) in [5.74, 6) is 0.471. The Morgan fingerprint density at radius 1 is 0.868 bits per heavy atom. The number of benzene rings is 4. The number of hydrogen-bond acceptors (Lipinski definition) is 5. The Labute approximate surface area is 223 Å². The number of rotatable bonds is 11. The van der Waals surface area contributed by atoms with Gasteiger partial charge in [0.2, 0.25) is 5.91 Å². The molecular formula is C32H33N3O3. The second-order valence-corrected chi connectivity index (χ2v) is 9.63. The van der Waals surface area contributed by atoms with E-state index >= 15 is 0 Å². The van der Waals surface area contributed by atoms with Crippen molar-refractivity contribution in [3.05, 3.63) is 113 Å². The van der Waals surface area contributed by atoms with E-state index in [0.29, 0.717) is 13.0 Å². The van der Waals surface area contributed by atoms with Crippen LogP contribution >= 0.6 is 0 Å². The molecule has 6 nitrogen and oxygen atoms in total. The van der Waals surface area contributed by atoms with Gasteiger partial charge in [0.25, 0.3) is 0 Å². The fourth-order valence-electron chi connectivity index (χ4n) is 4.69. The molecule has 0 saturated carbocycles. The summed E-state index contributed by atoms with van der Waals surface area (Å²) in [6.07, 6.45) is 4.37. The normalized spacial score (nSPS) is 12.7. The Bertz CT molecular complexity index is 1400. The number of hydrogen-bond donors (Lipinski definition) is 1. The number of hydroxylamine groups is 2. The van der Waals surface area contributed by atoms with Gasteiger partial charge in [0.1, 0.15) is 5.75 Å². The highest BCUT2D eigenvalue weighted by Crippen LogP contribution is 2.25. The minimum atomic E-state index is -0.313. The van der Waals surface area contributed by atoms with Gasteiger partial charge >= 0.3 is 0 Å². The van der Waals surface area contributed by atoms with Crippen LogP contribution in [0, 0.1) is 0 Å². The van der Waals surface area contributed by atoms with Crippen molar-refractivity contribution in [2.75, 3.05) is 13.2 Å². The number of carbonyl (C=O) groups excluding carboxylic acids is 1. The highest BCUT2D eigenvalue weighted by atomic mass is 16.5. The molecule has 4 aromatic carbocycles. The molecule has 6 heteroatoms. The predicted molar refractivity (Wildman–Crippen MR) is 150 cm³/mol. The van der Waals surface area contributed by atoms with Crippen molar-refractivity contribution in [1.82, 2.24) is 10.1 Å². The van der Waals surface area contributed by atoms with Crippen molar-refractivity contribution < 1.29 is 14.7 Å². The standard InChI is InChI=1S/C32H33N3O3/c36-32(35(37)24-26-7-2-1-3-8-26)16-15-29-14-12-27(23-34-19-6-18-33-34)22-31(29)38-20-17-25-11-13-28-9-4-5-10-30(28)21-25/h1-5,7-14,18,21-22,37H,6,15-17,19-20,23-24H2. The SMILES string of the molecule is O=C(CCc1ccc(CN2CCC=N2)cc1OCCc1ccc2ccccc2c1)N(O)Cc1ccccc1. The van der Waals surface area contributed by atoms with Gasteiger partial charge in [0.05, 0.1) is 19.7 Å². The molecule has 0 fully saturated rings. The zero-order chi connectivity index (χ0) is 26.2. The van der Waals surface area contributed by atoms with E-state index in [1.807, 2.05) is 47.6 Å². The zero-order valence-corrected chi connectivity index (χ0v) is 21.5. The maximum atomic E-state index is 12.6. The third-order valence-corrected chi connectivity index (χ3v) is 6.79. The fourth-order valence-corrected chi connectivity index (χ4v) is 4.69. The van der Waals surface area contributed by atoms with Crippen LogP contribution in [0.1, 0.15) is 35.1 Å². The number of hydrazone groups is 1. The lowest BCUT2D eigenvalue weighted by molar-refractivity contribution is -0.167. The van der Waals surface area contributed by atoms with E-state index in [9.17, 15) is 10.0 Å². The Hall–Kier alpha value is -4.16. The summed E-state index contributed by atoms with van der Waals surface area (Å²) >= 11 is 0. The molecule has 0 atom stereocenters. The monoisotopic (exact) mass is 507 g/mol. The molecule has 0 aliphatic carbocycles. The third-order valence-electron chi connectivity index (χ3n) is 6.79. The minimum absolute atomic E-state index is 0.171. The van der Waals surface area contributed by atoms with Crippen LogP contribution in [0.3, 0.4) is 0 Å². The van der Waals surface area contributed by atoms with Crippen molar-refractivity contribution in [1.29, 1.82) is 0 Å². The fraction of sp³-hybridized carbons (Fsp3) is 0.250. The van der Waals surface area contributed by atoms with Crippen LogP contribution in [-0.2, 0) is 30.7 Å². The van der Waals surface area contributed by atoms with E-state index in [1.54, 1.807) is 0 Å². The molecule has 4 aromatic rings. The Morgan fingerprint density at radius 2 is 1.66 bits per heavy atom. The van der Waals surface area contributed by atoms with Crippen molar-refractivity contribution in [3.8, 4) is 5.75 Å². The van der Waals surface area contributed by atoms with Crippen LogP contribution in [0.5, 0.6) is 5.75 Å². The average Bonchev–Trinajstić information content (AvgIpc) is 3.46. The second kappa shape index (κ2) is 12.4. The summed E-state index contributed by atoms with van der Waals surface area (Å²) in [7, 11) is 0. The van der Waals surface area contributed by atoms with Gasteiger partial charge in [-0.05, 0) is 45.5 Å². The number of nitrogens with zero attached hydrogens (tertiary/aromatic N) is 3. The van der Waals surface area contributed by atoms with Crippen molar-refractivity contribution >= 4 is 22.9 Å². The van der Waals surface area contributed by atoms with E-state index in [1.165, 1.54) is 16.3 Å². The van der Waals surface area contributed by atoms with Crippen LogP contribution in [0.25, 0.3) is 10.8 Å². The number of fused-ring (bicyclic) bond motifs is 1. The summed E-state index contributed by atoms with van der Waals surface area (Å²) in [6.45, 7) is 2.34. The number of amides is 1. The van der Waals surface area contributed by atoms with Gasteiger partial charge in [-0.25, -0.2) is 5.06 Å². The highest BCUT2D eigenvalue weighted by Gasteiger charge is 2.15. The Balaban J connectivity index is 1.24. The van der Waals surface area contributed by atoms with Crippen LogP contribution < -0.4 is 4.74 Å². The maximum Gasteiger partial charge on any atom is 0.246 e. The van der Waals surface area contributed by atoms with E-state index < -0.39 is 0 Å². The van der Waals surface area contributed by atoms with Gasteiger partial charge in [-0.2, -0.15) is 5.10 Å². The first-order valence-electron chi connectivity index (χ1n) is 13.2. The molecule has 194 valence electrons. The van der Waals surface area contributed by atoms with Crippen LogP contribution in [0.15, 0.2) is 96.1 Å². The Kier molecular flexibility index (Phi) is 8.31. The molecule has 1 aliphatic rings. The van der Waals surface area contributed by atoms with Crippen molar-refractivity contribution in [3.63, 3.8) is 0 Å². The molecule has 1 N–H and O–H groups in total. The molecule has 0 bridgehead atoms. The molecule has 5 rings (SSSR count). The first-order valence-corrected chi connectivity index (χ1v) is 13.2. The first-order chi connectivity index (χ1) is 18.6. The maximum absolute atomic E-state index is 12.6. The molecule has 0 spiro atoms. The van der Waals surface area contributed by atoms with E-state index in [2.05, 4.69) is 59.7 Å². The highest BCUT2D eigenvalue weighted by molar-refractivity contribution is 5.83. The summed E-state index contributed by atoms with van der Waals surface area (Å²) in [4.78, 5) is 12.6. The van der Waals surface area contributed by atoms with Crippen molar-refractivity contribution in [2.24, 2.45) is 5.10 Å². The van der Waals surface area contributed by atoms with Crippen LogP contribution in [0.2, 0.25) is 0 Å². The average molecular weight is 508 g/mol. The van der Waals surface area contributed by atoms with Gasteiger partial charge < -0.3 is 4.74 Å².